The Morgan fingerprint density at radius 2 is 1.68 bits per heavy atom. The third-order valence-corrected chi connectivity index (χ3v) is 5.23. The topological polar surface area (TPSA) is 123 Å². The van der Waals surface area contributed by atoms with Crippen LogP contribution in [-0.4, -0.2) is 36.8 Å². The number of nitrogens with one attached hydrogen (secondary N) is 2. The van der Waals surface area contributed by atoms with Gasteiger partial charge in [0.15, 0.2) is 11.5 Å². The smallest absolute Gasteiger partial charge is 0.292 e. The van der Waals surface area contributed by atoms with Gasteiger partial charge in [-0.1, -0.05) is 18.2 Å². The lowest BCUT2D eigenvalue weighted by Crippen LogP contribution is -2.13. The average molecular weight is 466 g/mol. The van der Waals surface area contributed by atoms with Crippen molar-refractivity contribution in [3.63, 3.8) is 0 Å². The molecular formula is C25H27N3O6. The molecule has 0 fully saturated rings. The number of methoxy groups -OCH3 is 2. The molecule has 178 valence electrons. The molecular weight excluding hydrogens is 438 g/mol. The first-order valence-electron chi connectivity index (χ1n) is 10.7. The molecule has 0 aliphatic rings. The van der Waals surface area contributed by atoms with E-state index in [9.17, 15) is 14.9 Å². The van der Waals surface area contributed by atoms with Crippen LogP contribution in [0, 0.1) is 10.1 Å². The average Bonchev–Trinajstić information content (AvgIpc) is 2.86. The number of aliphatic hydroxyl groups is 1. The first-order chi connectivity index (χ1) is 16.4. The summed E-state index contributed by atoms with van der Waals surface area (Å²) in [5, 5.41) is 26.3. The fraction of sp³-hybridized carbons (Fsp3) is 0.240. The van der Waals surface area contributed by atoms with Crippen molar-refractivity contribution in [1.29, 1.82) is 0 Å². The minimum atomic E-state index is -0.533. The number of aliphatic hydroxyl groups excluding tert-OH is 1. The van der Waals surface area contributed by atoms with Gasteiger partial charge in [-0.05, 0) is 54.3 Å². The molecule has 9 nitrogen and oxygen atoms in total. The van der Waals surface area contributed by atoms with Crippen LogP contribution in [0.15, 0.2) is 60.7 Å². The summed E-state index contributed by atoms with van der Waals surface area (Å²) in [4.78, 5) is 23.6. The quantitative estimate of drug-likeness (QED) is 0.283. The number of nitro groups is 1. The van der Waals surface area contributed by atoms with Crippen LogP contribution < -0.4 is 20.1 Å². The molecule has 0 aliphatic heterocycles. The van der Waals surface area contributed by atoms with Crippen LogP contribution in [0.2, 0.25) is 0 Å². The molecule has 0 aromatic heterocycles. The number of hydrogen-bond acceptors (Lipinski definition) is 7. The zero-order valence-corrected chi connectivity index (χ0v) is 19.0. The molecule has 3 aromatic carbocycles. The highest BCUT2D eigenvalue weighted by molar-refractivity contribution is 6.05. The van der Waals surface area contributed by atoms with E-state index in [2.05, 4.69) is 10.6 Å². The van der Waals surface area contributed by atoms with Crippen molar-refractivity contribution < 1.29 is 24.3 Å². The lowest BCUT2D eigenvalue weighted by Gasteiger charge is -2.12. The summed E-state index contributed by atoms with van der Waals surface area (Å²) >= 11 is 0. The molecule has 0 saturated carbocycles. The number of rotatable bonds is 11. The van der Waals surface area contributed by atoms with Gasteiger partial charge in [-0.15, -0.1) is 0 Å². The lowest BCUT2D eigenvalue weighted by atomic mass is 10.1. The molecule has 1 amide bonds. The maximum absolute atomic E-state index is 12.7. The Kier molecular flexibility index (Phi) is 8.42. The number of ether oxygens (including phenoxy) is 2. The molecule has 3 aromatic rings. The molecule has 0 heterocycles. The van der Waals surface area contributed by atoms with E-state index in [0.717, 1.165) is 16.8 Å². The molecule has 0 spiro atoms. The van der Waals surface area contributed by atoms with Crippen molar-refractivity contribution in [3.8, 4) is 11.5 Å². The summed E-state index contributed by atoms with van der Waals surface area (Å²) in [7, 11) is 3.15. The van der Waals surface area contributed by atoms with Crippen molar-refractivity contribution in [2.24, 2.45) is 0 Å². The number of benzene rings is 3. The third kappa shape index (κ3) is 6.23. The van der Waals surface area contributed by atoms with Gasteiger partial charge in [-0.25, -0.2) is 0 Å². The lowest BCUT2D eigenvalue weighted by molar-refractivity contribution is -0.383. The van der Waals surface area contributed by atoms with Crippen LogP contribution >= 0.6 is 0 Å². The van der Waals surface area contributed by atoms with E-state index in [4.69, 9.17) is 14.6 Å². The summed E-state index contributed by atoms with van der Waals surface area (Å²) in [5.74, 6) is 0.818. The highest BCUT2D eigenvalue weighted by Gasteiger charge is 2.17. The molecule has 0 bridgehead atoms. The molecule has 0 aliphatic carbocycles. The molecule has 0 unspecified atom stereocenters. The predicted octanol–water partition coefficient (Wildman–Crippen LogP) is 4.40. The molecule has 0 atom stereocenters. The second-order valence-corrected chi connectivity index (χ2v) is 7.51. The fourth-order valence-electron chi connectivity index (χ4n) is 3.40. The Labute approximate surface area is 197 Å². The van der Waals surface area contributed by atoms with Gasteiger partial charge in [0.25, 0.3) is 11.6 Å². The molecule has 9 heteroatoms. The summed E-state index contributed by atoms with van der Waals surface area (Å²) in [6.07, 6.45) is 1.09. The number of carbonyl (C=O) groups is 1. The summed E-state index contributed by atoms with van der Waals surface area (Å²) in [6, 6.07) is 17.1. The van der Waals surface area contributed by atoms with Crippen LogP contribution in [0.1, 0.15) is 27.9 Å². The second-order valence-electron chi connectivity index (χ2n) is 7.51. The van der Waals surface area contributed by atoms with E-state index >= 15 is 0 Å². The van der Waals surface area contributed by atoms with Crippen LogP contribution in [-0.2, 0) is 13.0 Å². The van der Waals surface area contributed by atoms with Gasteiger partial charge >= 0.3 is 0 Å². The zero-order valence-electron chi connectivity index (χ0n) is 19.0. The summed E-state index contributed by atoms with van der Waals surface area (Å²) in [5.41, 5.74) is 2.93. The summed E-state index contributed by atoms with van der Waals surface area (Å²) in [6.45, 7) is 0.543. The monoisotopic (exact) mass is 465 g/mol. The van der Waals surface area contributed by atoms with Crippen LogP contribution in [0.4, 0.5) is 17.1 Å². The standard InChI is InChI=1S/C25H27N3O6/c1-33-23-12-10-20(15-24(23)34-2)26-16-18-5-8-19(9-6-18)25(30)27-21-14-17(4-3-13-29)7-11-22(21)28(31)32/h5-12,14-15,26,29H,3-4,13,16H2,1-2H3,(H,27,30). The largest absolute Gasteiger partial charge is 0.493 e. The van der Waals surface area contributed by atoms with Gasteiger partial charge < -0.3 is 25.2 Å². The normalized spacial score (nSPS) is 10.4. The first kappa shape index (κ1) is 24.5. The van der Waals surface area contributed by atoms with E-state index in [-0.39, 0.29) is 18.0 Å². The molecule has 0 radical (unpaired) electrons. The number of aryl methyl sites for hydroxylation is 1. The van der Waals surface area contributed by atoms with Crippen molar-refractivity contribution >= 4 is 23.0 Å². The van der Waals surface area contributed by atoms with E-state index < -0.39 is 10.8 Å². The Morgan fingerprint density at radius 1 is 0.971 bits per heavy atom. The Balaban J connectivity index is 1.67. The highest BCUT2D eigenvalue weighted by atomic mass is 16.6. The number of amides is 1. The Morgan fingerprint density at radius 3 is 2.32 bits per heavy atom. The van der Waals surface area contributed by atoms with E-state index in [1.54, 1.807) is 38.5 Å². The Hall–Kier alpha value is -4.11. The zero-order chi connectivity index (χ0) is 24.5. The molecule has 3 N–H and O–H groups in total. The fourth-order valence-corrected chi connectivity index (χ4v) is 3.40. The predicted molar refractivity (Wildman–Crippen MR) is 130 cm³/mol. The van der Waals surface area contributed by atoms with E-state index in [0.29, 0.717) is 36.4 Å². The van der Waals surface area contributed by atoms with Gasteiger partial charge in [-0.3, -0.25) is 14.9 Å². The number of hydrogen-bond donors (Lipinski definition) is 3. The van der Waals surface area contributed by atoms with Crippen molar-refractivity contribution in [1.82, 2.24) is 0 Å². The van der Waals surface area contributed by atoms with E-state index in [1.165, 1.54) is 6.07 Å². The Bertz CT molecular complexity index is 1150. The van der Waals surface area contributed by atoms with Crippen molar-refractivity contribution in [2.75, 3.05) is 31.5 Å². The number of nitro benzene ring substituents is 1. The van der Waals surface area contributed by atoms with Crippen LogP contribution in [0.5, 0.6) is 11.5 Å². The van der Waals surface area contributed by atoms with Gasteiger partial charge in [0.05, 0.1) is 19.1 Å². The molecule has 34 heavy (non-hydrogen) atoms. The van der Waals surface area contributed by atoms with Gasteiger partial charge in [0.1, 0.15) is 5.69 Å². The SMILES string of the molecule is COc1ccc(NCc2ccc(C(=O)Nc3cc(CCCO)ccc3[N+](=O)[O-])cc2)cc1OC. The number of anilines is 2. The van der Waals surface area contributed by atoms with Crippen molar-refractivity contribution in [2.45, 2.75) is 19.4 Å². The maximum atomic E-state index is 12.7. The van der Waals surface area contributed by atoms with Crippen LogP contribution in [0.3, 0.4) is 0 Å². The van der Waals surface area contributed by atoms with Gasteiger partial charge in [0, 0.05) is 36.5 Å². The van der Waals surface area contributed by atoms with E-state index in [1.807, 2.05) is 30.3 Å². The molecule has 3 rings (SSSR count). The first-order valence-corrected chi connectivity index (χ1v) is 10.7. The number of carbonyl (C=O) groups excluding carboxylic acids is 1. The second kappa shape index (κ2) is 11.7. The molecule has 0 saturated heterocycles. The maximum Gasteiger partial charge on any atom is 0.292 e. The highest BCUT2D eigenvalue weighted by Crippen LogP contribution is 2.30. The van der Waals surface area contributed by atoms with Gasteiger partial charge in [0.2, 0.25) is 0 Å². The summed E-state index contributed by atoms with van der Waals surface area (Å²) < 4.78 is 10.5. The van der Waals surface area contributed by atoms with Crippen molar-refractivity contribution in [3.05, 3.63) is 87.5 Å². The van der Waals surface area contributed by atoms with Gasteiger partial charge in [-0.2, -0.15) is 0 Å². The minimum absolute atomic E-state index is 0.0197. The number of nitrogens with zero attached hydrogens (tertiary/aromatic N) is 1. The van der Waals surface area contributed by atoms with Crippen LogP contribution in [0.25, 0.3) is 0 Å². The minimum Gasteiger partial charge on any atom is -0.493 e. The third-order valence-electron chi connectivity index (χ3n) is 5.23.